The molecule has 0 spiro atoms. The number of piperidine rings is 1. The SMILES string of the molecule is Cl.O=C(NC1CCNC1)C1CCCN(C(=O)COc2ccccc2)C1. The third kappa shape index (κ3) is 5.61. The van der Waals surface area contributed by atoms with Crippen molar-refractivity contribution < 1.29 is 14.3 Å². The van der Waals surface area contributed by atoms with Gasteiger partial charge in [0.1, 0.15) is 5.75 Å². The van der Waals surface area contributed by atoms with Crippen molar-refractivity contribution in [3.05, 3.63) is 30.3 Å². The Kier molecular flexibility index (Phi) is 7.52. The molecule has 25 heavy (non-hydrogen) atoms. The Hall–Kier alpha value is -1.79. The molecule has 0 saturated carbocycles. The Morgan fingerprint density at radius 3 is 2.76 bits per heavy atom. The van der Waals surface area contributed by atoms with E-state index in [1.54, 1.807) is 4.90 Å². The average molecular weight is 368 g/mol. The van der Waals surface area contributed by atoms with E-state index in [0.29, 0.717) is 18.8 Å². The predicted octanol–water partition coefficient (Wildman–Crippen LogP) is 1.20. The zero-order valence-electron chi connectivity index (χ0n) is 14.3. The van der Waals surface area contributed by atoms with Gasteiger partial charge in [0.25, 0.3) is 5.91 Å². The van der Waals surface area contributed by atoms with Crippen LogP contribution in [-0.2, 0) is 9.59 Å². The number of para-hydroxylation sites is 1. The van der Waals surface area contributed by atoms with Crippen molar-refractivity contribution >= 4 is 24.2 Å². The number of carbonyl (C=O) groups excluding carboxylic acids is 2. The maximum absolute atomic E-state index is 12.4. The van der Waals surface area contributed by atoms with Gasteiger partial charge in [-0.1, -0.05) is 18.2 Å². The van der Waals surface area contributed by atoms with Crippen LogP contribution in [0.5, 0.6) is 5.75 Å². The number of rotatable bonds is 5. The molecule has 2 amide bonds. The molecule has 2 aliphatic rings. The molecule has 0 bridgehead atoms. The van der Waals surface area contributed by atoms with Gasteiger partial charge < -0.3 is 20.3 Å². The van der Waals surface area contributed by atoms with Gasteiger partial charge in [0.2, 0.25) is 5.91 Å². The van der Waals surface area contributed by atoms with Gasteiger partial charge in [0.05, 0.1) is 5.92 Å². The molecule has 0 radical (unpaired) electrons. The third-order valence-electron chi connectivity index (χ3n) is 4.66. The fraction of sp³-hybridized carbons (Fsp3) is 0.556. The molecule has 0 aromatic heterocycles. The highest BCUT2D eigenvalue weighted by atomic mass is 35.5. The zero-order valence-corrected chi connectivity index (χ0v) is 15.1. The van der Waals surface area contributed by atoms with E-state index in [1.807, 2.05) is 30.3 Å². The van der Waals surface area contributed by atoms with Crippen LogP contribution in [0.1, 0.15) is 19.3 Å². The Morgan fingerprint density at radius 2 is 2.04 bits per heavy atom. The summed E-state index contributed by atoms with van der Waals surface area (Å²) in [5.41, 5.74) is 0. The van der Waals surface area contributed by atoms with Gasteiger partial charge in [-0.25, -0.2) is 0 Å². The van der Waals surface area contributed by atoms with Crippen LogP contribution in [0.15, 0.2) is 30.3 Å². The average Bonchev–Trinajstić information content (AvgIpc) is 3.13. The monoisotopic (exact) mass is 367 g/mol. The minimum atomic E-state index is -0.111. The topological polar surface area (TPSA) is 70.7 Å². The minimum absolute atomic E-state index is 0. The number of amides is 2. The number of benzene rings is 1. The number of ether oxygens (including phenoxy) is 1. The first-order valence-corrected chi connectivity index (χ1v) is 8.69. The minimum Gasteiger partial charge on any atom is -0.484 e. The molecule has 2 aliphatic heterocycles. The largest absolute Gasteiger partial charge is 0.484 e. The van der Waals surface area contributed by atoms with E-state index >= 15 is 0 Å². The van der Waals surface area contributed by atoms with Gasteiger partial charge in [-0.2, -0.15) is 0 Å². The molecule has 2 atom stereocenters. The van der Waals surface area contributed by atoms with Crippen molar-refractivity contribution in [2.45, 2.75) is 25.3 Å². The molecule has 0 aliphatic carbocycles. The molecule has 6 nitrogen and oxygen atoms in total. The van der Waals surface area contributed by atoms with E-state index in [1.165, 1.54) is 0 Å². The number of nitrogens with one attached hydrogen (secondary N) is 2. The number of carbonyl (C=O) groups is 2. The lowest BCUT2D eigenvalue weighted by atomic mass is 9.96. The number of likely N-dealkylation sites (tertiary alicyclic amines) is 1. The standard InChI is InChI=1S/C18H25N3O3.ClH/c22-17(13-24-16-6-2-1-3-7-16)21-10-4-5-14(12-21)18(23)20-15-8-9-19-11-15;/h1-3,6-7,14-15,19H,4-5,8-13H2,(H,20,23);1H. The van der Waals surface area contributed by atoms with E-state index in [9.17, 15) is 9.59 Å². The van der Waals surface area contributed by atoms with Gasteiger partial charge >= 0.3 is 0 Å². The van der Waals surface area contributed by atoms with Crippen LogP contribution < -0.4 is 15.4 Å². The maximum atomic E-state index is 12.4. The lowest BCUT2D eigenvalue weighted by Crippen LogP contribution is -2.48. The van der Waals surface area contributed by atoms with Crippen LogP contribution in [0.4, 0.5) is 0 Å². The Morgan fingerprint density at radius 1 is 1.24 bits per heavy atom. The van der Waals surface area contributed by atoms with Crippen molar-refractivity contribution in [1.82, 2.24) is 15.5 Å². The Bertz CT molecular complexity index is 564. The van der Waals surface area contributed by atoms with Crippen LogP contribution in [-0.4, -0.2) is 55.5 Å². The summed E-state index contributed by atoms with van der Waals surface area (Å²) in [5.74, 6) is 0.593. The van der Waals surface area contributed by atoms with Crippen molar-refractivity contribution in [3.63, 3.8) is 0 Å². The quantitative estimate of drug-likeness (QED) is 0.820. The smallest absolute Gasteiger partial charge is 0.260 e. The summed E-state index contributed by atoms with van der Waals surface area (Å²) in [6, 6.07) is 9.54. The molecule has 138 valence electrons. The maximum Gasteiger partial charge on any atom is 0.260 e. The van der Waals surface area contributed by atoms with Crippen molar-refractivity contribution in [3.8, 4) is 5.75 Å². The lowest BCUT2D eigenvalue weighted by molar-refractivity contribution is -0.137. The summed E-state index contributed by atoms with van der Waals surface area (Å²) in [5, 5.41) is 6.34. The summed E-state index contributed by atoms with van der Waals surface area (Å²) in [6.07, 6.45) is 2.68. The molecule has 1 aromatic carbocycles. The van der Waals surface area contributed by atoms with Gasteiger partial charge in [-0.05, 0) is 37.9 Å². The van der Waals surface area contributed by atoms with E-state index in [0.717, 1.165) is 32.4 Å². The van der Waals surface area contributed by atoms with Crippen LogP contribution in [0.25, 0.3) is 0 Å². The molecule has 2 unspecified atom stereocenters. The fourth-order valence-corrected chi connectivity index (χ4v) is 3.27. The van der Waals surface area contributed by atoms with Crippen molar-refractivity contribution in [1.29, 1.82) is 0 Å². The first-order valence-electron chi connectivity index (χ1n) is 8.69. The number of hydrogen-bond acceptors (Lipinski definition) is 4. The second-order valence-electron chi connectivity index (χ2n) is 6.48. The van der Waals surface area contributed by atoms with Crippen LogP contribution in [0.3, 0.4) is 0 Å². The molecule has 2 heterocycles. The second-order valence-corrected chi connectivity index (χ2v) is 6.48. The van der Waals surface area contributed by atoms with Gasteiger partial charge in [-0.15, -0.1) is 12.4 Å². The van der Waals surface area contributed by atoms with Crippen molar-refractivity contribution in [2.24, 2.45) is 5.92 Å². The normalized spacial score (nSPS) is 22.8. The number of halogens is 1. The molecule has 2 saturated heterocycles. The highest BCUT2D eigenvalue weighted by molar-refractivity contribution is 5.85. The molecular weight excluding hydrogens is 342 g/mol. The highest BCUT2D eigenvalue weighted by Gasteiger charge is 2.30. The summed E-state index contributed by atoms with van der Waals surface area (Å²) in [7, 11) is 0. The van der Waals surface area contributed by atoms with Gasteiger partial charge in [0, 0.05) is 25.7 Å². The summed E-state index contributed by atoms with van der Waals surface area (Å²) >= 11 is 0. The van der Waals surface area contributed by atoms with Crippen LogP contribution in [0, 0.1) is 5.92 Å². The summed E-state index contributed by atoms with van der Waals surface area (Å²) < 4.78 is 5.52. The fourth-order valence-electron chi connectivity index (χ4n) is 3.27. The molecule has 2 N–H and O–H groups in total. The molecule has 7 heteroatoms. The van der Waals surface area contributed by atoms with Crippen LogP contribution in [0.2, 0.25) is 0 Å². The van der Waals surface area contributed by atoms with Crippen molar-refractivity contribution in [2.75, 3.05) is 32.8 Å². The first-order chi connectivity index (χ1) is 11.7. The number of nitrogens with zero attached hydrogens (tertiary/aromatic N) is 1. The molecule has 2 fully saturated rings. The predicted molar refractivity (Wildman–Crippen MR) is 97.9 cm³/mol. The lowest BCUT2D eigenvalue weighted by Gasteiger charge is -2.32. The Labute approximate surface area is 154 Å². The van der Waals surface area contributed by atoms with E-state index in [2.05, 4.69) is 10.6 Å². The summed E-state index contributed by atoms with van der Waals surface area (Å²) in [6.45, 7) is 3.00. The van der Waals surface area contributed by atoms with Gasteiger partial charge in [0.15, 0.2) is 6.61 Å². The highest BCUT2D eigenvalue weighted by Crippen LogP contribution is 2.18. The Balaban J connectivity index is 0.00000225. The van der Waals surface area contributed by atoms with E-state index < -0.39 is 0 Å². The molecule has 3 rings (SSSR count). The second kappa shape index (κ2) is 9.63. The third-order valence-corrected chi connectivity index (χ3v) is 4.66. The number of hydrogen-bond donors (Lipinski definition) is 2. The molecular formula is C18H26ClN3O3. The summed E-state index contributed by atoms with van der Waals surface area (Å²) in [4.78, 5) is 26.5. The van der Waals surface area contributed by atoms with Crippen LogP contribution >= 0.6 is 12.4 Å². The zero-order chi connectivity index (χ0) is 16.8. The molecule has 1 aromatic rings. The van der Waals surface area contributed by atoms with E-state index in [4.69, 9.17) is 4.74 Å². The first kappa shape index (κ1) is 19.5. The van der Waals surface area contributed by atoms with Gasteiger partial charge in [-0.3, -0.25) is 9.59 Å². The van der Waals surface area contributed by atoms with E-state index in [-0.39, 0.29) is 42.8 Å².